The molecule has 2 rings (SSSR count). The predicted octanol–water partition coefficient (Wildman–Crippen LogP) is 3.76. The monoisotopic (exact) mass is 372 g/mol. The van der Waals surface area contributed by atoms with Crippen LogP contribution in [0.4, 0.5) is 0 Å². The van der Waals surface area contributed by atoms with Gasteiger partial charge in [-0.05, 0) is 60.8 Å². The van der Waals surface area contributed by atoms with Crippen LogP contribution in [0.3, 0.4) is 0 Å². The second-order valence-corrected chi connectivity index (χ2v) is 5.24. The van der Waals surface area contributed by atoms with Gasteiger partial charge in [-0.15, -0.1) is 0 Å². The minimum absolute atomic E-state index is 0.116. The van der Waals surface area contributed by atoms with Gasteiger partial charge in [0.25, 0.3) is 0 Å². The third-order valence-electron chi connectivity index (χ3n) is 2.49. The van der Waals surface area contributed by atoms with Gasteiger partial charge in [0, 0.05) is 8.95 Å². The van der Waals surface area contributed by atoms with Crippen LogP contribution in [0.2, 0.25) is 0 Å². The summed E-state index contributed by atoms with van der Waals surface area (Å²) in [6.07, 6.45) is 0. The van der Waals surface area contributed by atoms with E-state index in [9.17, 15) is 9.59 Å². The van der Waals surface area contributed by atoms with Crippen LogP contribution in [0.1, 0.15) is 20.7 Å². The highest BCUT2D eigenvalue weighted by atomic mass is 79.9. The SMILES string of the molecule is O=C(O)c1ccc2c(Br)c(C(=O)O)c(Br)cc2c1. The summed E-state index contributed by atoms with van der Waals surface area (Å²) in [7, 11) is 0. The van der Waals surface area contributed by atoms with E-state index in [2.05, 4.69) is 31.9 Å². The molecule has 0 spiro atoms. The quantitative estimate of drug-likeness (QED) is 0.840. The number of halogens is 2. The maximum atomic E-state index is 11.1. The lowest BCUT2D eigenvalue weighted by atomic mass is 10.0. The Morgan fingerprint density at radius 2 is 1.67 bits per heavy atom. The molecule has 0 heterocycles. The molecule has 0 radical (unpaired) electrons. The van der Waals surface area contributed by atoms with Gasteiger partial charge in [0.1, 0.15) is 0 Å². The molecule has 0 aliphatic rings. The molecule has 0 aliphatic heterocycles. The minimum atomic E-state index is -1.06. The Hall–Kier alpha value is -1.40. The van der Waals surface area contributed by atoms with E-state index in [-0.39, 0.29) is 11.1 Å². The van der Waals surface area contributed by atoms with Gasteiger partial charge < -0.3 is 10.2 Å². The summed E-state index contributed by atoms with van der Waals surface area (Å²) < 4.78 is 0.827. The largest absolute Gasteiger partial charge is 0.478 e. The molecule has 0 aromatic heterocycles. The van der Waals surface area contributed by atoms with Crippen LogP contribution in [-0.4, -0.2) is 22.2 Å². The Morgan fingerprint density at radius 3 is 2.22 bits per heavy atom. The molecule has 0 saturated carbocycles. The number of hydrogen-bond donors (Lipinski definition) is 2. The fraction of sp³-hybridized carbons (Fsp3) is 0. The van der Waals surface area contributed by atoms with Crippen molar-refractivity contribution in [3.05, 3.63) is 44.3 Å². The summed E-state index contributed by atoms with van der Waals surface area (Å²) >= 11 is 6.41. The van der Waals surface area contributed by atoms with Crippen LogP contribution < -0.4 is 0 Å². The number of benzene rings is 2. The first kappa shape index (κ1) is 13.0. The molecule has 0 fully saturated rings. The van der Waals surface area contributed by atoms with Gasteiger partial charge in [-0.25, -0.2) is 9.59 Å². The standard InChI is InChI=1S/C12H6Br2O4/c13-8-4-6-3-5(11(15)16)1-2-7(6)10(14)9(8)12(17)18/h1-4H,(H,15,16)(H,17,18). The van der Waals surface area contributed by atoms with Gasteiger partial charge in [0.2, 0.25) is 0 Å². The van der Waals surface area contributed by atoms with E-state index in [0.29, 0.717) is 19.7 Å². The number of rotatable bonds is 2. The van der Waals surface area contributed by atoms with Gasteiger partial charge in [-0.3, -0.25) is 0 Å². The van der Waals surface area contributed by atoms with E-state index in [1.54, 1.807) is 12.1 Å². The van der Waals surface area contributed by atoms with Crippen molar-refractivity contribution in [2.75, 3.05) is 0 Å². The third-order valence-corrected chi connectivity index (χ3v) is 3.94. The summed E-state index contributed by atoms with van der Waals surface area (Å²) in [5.41, 5.74) is 0.273. The van der Waals surface area contributed by atoms with E-state index < -0.39 is 11.9 Å². The normalized spacial score (nSPS) is 10.6. The zero-order valence-corrected chi connectivity index (χ0v) is 11.9. The number of carboxylic acids is 2. The van der Waals surface area contributed by atoms with Gasteiger partial charge >= 0.3 is 11.9 Å². The molecule has 6 heteroatoms. The Kier molecular flexibility index (Phi) is 3.41. The Balaban J connectivity index is 2.82. The molecule has 2 N–H and O–H groups in total. The first-order valence-electron chi connectivity index (χ1n) is 4.80. The van der Waals surface area contributed by atoms with Crippen molar-refractivity contribution in [3.63, 3.8) is 0 Å². The van der Waals surface area contributed by atoms with Crippen molar-refractivity contribution >= 4 is 54.6 Å². The van der Waals surface area contributed by atoms with Crippen LogP contribution >= 0.6 is 31.9 Å². The minimum Gasteiger partial charge on any atom is -0.478 e. The lowest BCUT2D eigenvalue weighted by molar-refractivity contribution is 0.0685. The Bertz CT molecular complexity index is 679. The molecule has 0 saturated heterocycles. The Morgan fingerprint density at radius 1 is 1.00 bits per heavy atom. The predicted molar refractivity (Wildman–Crippen MR) is 73.3 cm³/mol. The highest BCUT2D eigenvalue weighted by molar-refractivity contribution is 9.11. The number of hydrogen-bond acceptors (Lipinski definition) is 2. The summed E-state index contributed by atoms with van der Waals surface area (Å²) in [5.74, 6) is -2.08. The van der Waals surface area contributed by atoms with Gasteiger partial charge in [-0.1, -0.05) is 6.07 Å². The topological polar surface area (TPSA) is 74.6 Å². The molecule has 0 atom stereocenters. The second-order valence-electron chi connectivity index (χ2n) is 3.59. The van der Waals surface area contributed by atoms with Crippen LogP contribution in [0.25, 0.3) is 10.8 Å². The first-order chi connectivity index (χ1) is 8.41. The molecule has 2 aromatic rings. The van der Waals surface area contributed by atoms with Gasteiger partial charge in [0.05, 0.1) is 11.1 Å². The van der Waals surface area contributed by atoms with E-state index >= 15 is 0 Å². The fourth-order valence-electron chi connectivity index (χ4n) is 1.66. The average Bonchev–Trinajstić information content (AvgIpc) is 2.27. The third kappa shape index (κ3) is 2.13. The molecular weight excluding hydrogens is 368 g/mol. The lowest BCUT2D eigenvalue weighted by Crippen LogP contribution is -2.01. The number of carboxylic acid groups (broad SMARTS) is 2. The summed E-state index contributed by atoms with van der Waals surface area (Å²) in [5, 5.41) is 19.3. The smallest absolute Gasteiger partial charge is 0.338 e. The molecule has 18 heavy (non-hydrogen) atoms. The fourth-order valence-corrected chi connectivity index (χ4v) is 3.28. The zero-order valence-electron chi connectivity index (χ0n) is 8.78. The number of fused-ring (bicyclic) bond motifs is 1. The molecule has 4 nitrogen and oxygen atoms in total. The van der Waals surface area contributed by atoms with Crippen LogP contribution in [0.5, 0.6) is 0 Å². The highest BCUT2D eigenvalue weighted by Gasteiger charge is 2.17. The number of aromatic carboxylic acids is 2. The maximum Gasteiger partial charge on any atom is 0.338 e. The van der Waals surface area contributed by atoms with Gasteiger partial charge in [0.15, 0.2) is 0 Å². The van der Waals surface area contributed by atoms with Crippen molar-refractivity contribution in [2.24, 2.45) is 0 Å². The number of carbonyl (C=O) groups is 2. The van der Waals surface area contributed by atoms with Crippen LogP contribution in [0, 0.1) is 0 Å². The van der Waals surface area contributed by atoms with Crippen LogP contribution in [0.15, 0.2) is 33.2 Å². The van der Waals surface area contributed by atoms with Crippen molar-refractivity contribution in [1.29, 1.82) is 0 Å². The van der Waals surface area contributed by atoms with E-state index in [1.165, 1.54) is 12.1 Å². The summed E-state index contributed by atoms with van der Waals surface area (Å²) in [4.78, 5) is 22.0. The summed E-state index contributed by atoms with van der Waals surface area (Å²) in [6, 6.07) is 6.12. The van der Waals surface area contributed by atoms with Crippen molar-refractivity contribution in [3.8, 4) is 0 Å². The molecule has 92 valence electrons. The zero-order chi connectivity index (χ0) is 13.4. The van der Waals surface area contributed by atoms with Crippen molar-refractivity contribution < 1.29 is 19.8 Å². The molecule has 2 aromatic carbocycles. The van der Waals surface area contributed by atoms with E-state index in [4.69, 9.17) is 10.2 Å². The van der Waals surface area contributed by atoms with E-state index in [0.717, 1.165) is 0 Å². The molecule has 0 amide bonds. The lowest BCUT2D eigenvalue weighted by Gasteiger charge is -2.08. The van der Waals surface area contributed by atoms with Crippen LogP contribution in [-0.2, 0) is 0 Å². The average molecular weight is 374 g/mol. The summed E-state index contributed by atoms with van der Waals surface area (Å²) in [6.45, 7) is 0. The molecule has 0 aliphatic carbocycles. The second kappa shape index (κ2) is 4.70. The first-order valence-corrected chi connectivity index (χ1v) is 6.38. The molecule has 0 unspecified atom stereocenters. The van der Waals surface area contributed by atoms with Gasteiger partial charge in [-0.2, -0.15) is 0 Å². The van der Waals surface area contributed by atoms with Crippen molar-refractivity contribution in [2.45, 2.75) is 0 Å². The Labute approximate surface area is 118 Å². The molecule has 0 bridgehead atoms. The molecular formula is C12H6Br2O4. The highest BCUT2D eigenvalue weighted by Crippen LogP contribution is 2.34. The van der Waals surface area contributed by atoms with E-state index in [1.807, 2.05) is 0 Å². The van der Waals surface area contributed by atoms with Crippen molar-refractivity contribution in [1.82, 2.24) is 0 Å². The maximum absolute atomic E-state index is 11.1.